The molecule has 3 rings (SSSR count). The summed E-state index contributed by atoms with van der Waals surface area (Å²) in [5, 5.41) is 33.6. The summed E-state index contributed by atoms with van der Waals surface area (Å²) in [5.41, 5.74) is 2.01. The maximum atomic E-state index is 11.8. The third-order valence-corrected chi connectivity index (χ3v) is 5.51. The van der Waals surface area contributed by atoms with Crippen LogP contribution in [-0.2, 0) is 17.8 Å². The first-order chi connectivity index (χ1) is 13.1. The number of aliphatic hydroxyl groups is 1. The van der Waals surface area contributed by atoms with Crippen molar-refractivity contribution < 1.29 is 15.0 Å². The molecule has 0 aliphatic carbocycles. The van der Waals surface area contributed by atoms with Gasteiger partial charge in [0.15, 0.2) is 5.82 Å². The van der Waals surface area contributed by atoms with E-state index in [4.69, 9.17) is 5.11 Å². The van der Waals surface area contributed by atoms with Gasteiger partial charge in [-0.2, -0.15) is 5.21 Å². The minimum Gasteiger partial charge on any atom is -0.481 e. The summed E-state index contributed by atoms with van der Waals surface area (Å²) >= 11 is 1.45. The summed E-state index contributed by atoms with van der Waals surface area (Å²) in [5.74, 6) is -1.34. The average Bonchev–Trinajstić information content (AvgIpc) is 3.36. The molecule has 3 N–H and O–H groups in total. The molecule has 0 amide bonds. The fraction of sp³-hybridized carbons (Fsp3) is 0.389. The van der Waals surface area contributed by atoms with Crippen molar-refractivity contribution in [1.29, 1.82) is 0 Å². The summed E-state index contributed by atoms with van der Waals surface area (Å²) in [7, 11) is 0. The van der Waals surface area contributed by atoms with E-state index in [0.717, 1.165) is 22.4 Å². The van der Waals surface area contributed by atoms with Crippen LogP contribution in [0.3, 0.4) is 0 Å². The predicted molar refractivity (Wildman–Crippen MR) is 100 cm³/mol. The van der Waals surface area contributed by atoms with Crippen LogP contribution in [-0.4, -0.2) is 41.8 Å². The van der Waals surface area contributed by atoms with Gasteiger partial charge in [0, 0.05) is 12.1 Å². The summed E-state index contributed by atoms with van der Waals surface area (Å²) in [4.78, 5) is 16.9. The highest BCUT2D eigenvalue weighted by Gasteiger charge is 2.31. The van der Waals surface area contributed by atoms with E-state index >= 15 is 0 Å². The highest BCUT2D eigenvalue weighted by atomic mass is 32.1. The lowest BCUT2D eigenvalue weighted by molar-refractivity contribution is -0.142. The molecular formula is C18H21N5O3S. The number of benzene rings is 1. The first-order valence-corrected chi connectivity index (χ1v) is 9.55. The summed E-state index contributed by atoms with van der Waals surface area (Å²) in [6.45, 7) is 1.90. The Morgan fingerprint density at radius 1 is 1.30 bits per heavy atom. The molecule has 0 fully saturated rings. The number of aromatic nitrogens is 5. The number of nitrogens with one attached hydrogen (secondary N) is 1. The lowest BCUT2D eigenvalue weighted by atomic mass is 9.83. The molecule has 2 atom stereocenters. The Morgan fingerprint density at radius 3 is 2.63 bits per heavy atom. The molecule has 27 heavy (non-hydrogen) atoms. The molecule has 2 aromatic heterocycles. The molecule has 0 radical (unpaired) electrons. The number of H-pyrrole nitrogens is 1. The molecule has 0 aliphatic rings. The van der Waals surface area contributed by atoms with Crippen LogP contribution in [0.2, 0.25) is 0 Å². The van der Waals surface area contributed by atoms with Gasteiger partial charge in [-0.05, 0) is 24.0 Å². The van der Waals surface area contributed by atoms with Gasteiger partial charge in [0.05, 0.1) is 17.4 Å². The van der Waals surface area contributed by atoms with Crippen LogP contribution < -0.4 is 0 Å². The number of rotatable bonds is 9. The number of carboxylic acid groups (broad SMARTS) is 1. The van der Waals surface area contributed by atoms with E-state index in [0.29, 0.717) is 23.7 Å². The lowest BCUT2D eigenvalue weighted by Gasteiger charge is -2.21. The summed E-state index contributed by atoms with van der Waals surface area (Å²) < 4.78 is 0. The number of aromatic amines is 1. The van der Waals surface area contributed by atoms with E-state index in [9.17, 15) is 9.90 Å². The van der Waals surface area contributed by atoms with Crippen LogP contribution in [0.25, 0.3) is 10.4 Å². The molecule has 3 aromatic rings. The van der Waals surface area contributed by atoms with Crippen molar-refractivity contribution in [3.8, 4) is 10.4 Å². The number of hydrogen-bond acceptors (Lipinski definition) is 7. The maximum absolute atomic E-state index is 11.8. The molecular weight excluding hydrogens is 366 g/mol. The fourth-order valence-corrected chi connectivity index (χ4v) is 3.91. The molecule has 0 aliphatic heterocycles. The zero-order valence-electron chi connectivity index (χ0n) is 14.9. The molecule has 9 heteroatoms. The molecule has 0 saturated carbocycles. The standard InChI is InChI=1S/C18H21N5O3S/c1-2-3-13(18(25)26)14(17-20-22-23-21-17)8-11-4-6-12(7-5-11)15-9-19-16(10-24)27-15/h4-7,9,13-14,24H,2-3,8,10H2,1H3,(H,25,26)(H,20,21,22,23)/t13-,14-/m0/s1. The third kappa shape index (κ3) is 4.55. The lowest BCUT2D eigenvalue weighted by Crippen LogP contribution is -2.25. The van der Waals surface area contributed by atoms with E-state index in [1.54, 1.807) is 6.20 Å². The molecule has 2 heterocycles. The number of carbonyl (C=O) groups is 1. The van der Waals surface area contributed by atoms with Crippen LogP contribution in [0.4, 0.5) is 0 Å². The Morgan fingerprint density at radius 2 is 2.07 bits per heavy atom. The van der Waals surface area contributed by atoms with Gasteiger partial charge in [-0.25, -0.2) is 4.98 Å². The molecule has 0 bridgehead atoms. The summed E-state index contributed by atoms with van der Waals surface area (Å²) in [6, 6.07) is 7.91. The molecule has 0 unspecified atom stereocenters. The van der Waals surface area contributed by atoms with Crippen LogP contribution in [0.15, 0.2) is 30.5 Å². The van der Waals surface area contributed by atoms with Crippen molar-refractivity contribution in [2.75, 3.05) is 0 Å². The van der Waals surface area contributed by atoms with Gasteiger partial charge in [0.2, 0.25) is 0 Å². The van der Waals surface area contributed by atoms with Gasteiger partial charge >= 0.3 is 5.97 Å². The highest BCUT2D eigenvalue weighted by Crippen LogP contribution is 2.31. The quantitative estimate of drug-likeness (QED) is 0.515. The Hall–Kier alpha value is -2.65. The molecule has 142 valence electrons. The number of aliphatic carboxylic acids is 1. The fourth-order valence-electron chi connectivity index (χ4n) is 3.12. The van der Waals surface area contributed by atoms with Crippen LogP contribution >= 0.6 is 11.3 Å². The second-order valence-corrected chi connectivity index (χ2v) is 7.40. The number of aliphatic hydroxyl groups excluding tert-OH is 1. The summed E-state index contributed by atoms with van der Waals surface area (Å²) in [6.07, 6.45) is 3.58. The smallest absolute Gasteiger partial charge is 0.307 e. The van der Waals surface area contributed by atoms with E-state index in [2.05, 4.69) is 25.6 Å². The minimum atomic E-state index is -0.843. The molecule has 8 nitrogen and oxygen atoms in total. The zero-order valence-corrected chi connectivity index (χ0v) is 15.7. The Bertz CT molecular complexity index is 864. The number of carboxylic acids is 1. The molecule has 1 aromatic carbocycles. The van der Waals surface area contributed by atoms with Gasteiger partial charge in [-0.1, -0.05) is 42.8 Å². The van der Waals surface area contributed by atoms with Crippen molar-refractivity contribution in [3.05, 3.63) is 46.9 Å². The van der Waals surface area contributed by atoms with Crippen LogP contribution in [0, 0.1) is 5.92 Å². The van der Waals surface area contributed by atoms with Crippen molar-refractivity contribution in [3.63, 3.8) is 0 Å². The van der Waals surface area contributed by atoms with E-state index in [-0.39, 0.29) is 12.5 Å². The zero-order chi connectivity index (χ0) is 19.2. The Balaban J connectivity index is 1.82. The van der Waals surface area contributed by atoms with Gasteiger partial charge in [-0.15, -0.1) is 21.5 Å². The van der Waals surface area contributed by atoms with Gasteiger partial charge in [-0.3, -0.25) is 4.79 Å². The molecule has 0 saturated heterocycles. The topological polar surface area (TPSA) is 125 Å². The van der Waals surface area contributed by atoms with Crippen LogP contribution in [0.1, 0.15) is 42.1 Å². The first kappa shape index (κ1) is 19.1. The number of tetrazole rings is 1. The average molecular weight is 387 g/mol. The second-order valence-electron chi connectivity index (χ2n) is 6.29. The first-order valence-electron chi connectivity index (χ1n) is 8.73. The predicted octanol–water partition coefficient (Wildman–Crippen LogP) is 2.64. The SMILES string of the molecule is CCC[C@H](C(=O)O)[C@H](Cc1ccc(-c2cnc(CO)s2)cc1)c1nn[nH]n1. The van der Waals surface area contributed by atoms with E-state index < -0.39 is 11.9 Å². The van der Waals surface area contributed by atoms with Gasteiger partial charge in [0.25, 0.3) is 0 Å². The maximum Gasteiger partial charge on any atom is 0.307 e. The third-order valence-electron chi connectivity index (χ3n) is 4.48. The van der Waals surface area contributed by atoms with E-state index in [1.165, 1.54) is 11.3 Å². The van der Waals surface area contributed by atoms with Crippen molar-refractivity contribution in [2.45, 2.75) is 38.7 Å². The monoisotopic (exact) mass is 387 g/mol. The molecule has 0 spiro atoms. The Kier molecular flexibility index (Phi) is 6.25. The van der Waals surface area contributed by atoms with Crippen molar-refractivity contribution >= 4 is 17.3 Å². The van der Waals surface area contributed by atoms with Gasteiger partial charge < -0.3 is 10.2 Å². The number of nitrogens with zero attached hydrogens (tertiary/aromatic N) is 4. The minimum absolute atomic E-state index is 0.0663. The normalized spacial score (nSPS) is 13.4. The van der Waals surface area contributed by atoms with Crippen molar-refractivity contribution in [2.24, 2.45) is 5.92 Å². The Labute approximate surface area is 160 Å². The highest BCUT2D eigenvalue weighted by molar-refractivity contribution is 7.15. The number of hydrogen-bond donors (Lipinski definition) is 3. The van der Waals surface area contributed by atoms with Gasteiger partial charge in [0.1, 0.15) is 5.01 Å². The largest absolute Gasteiger partial charge is 0.481 e. The number of thiazole rings is 1. The second kappa shape index (κ2) is 8.83. The van der Waals surface area contributed by atoms with Crippen molar-refractivity contribution in [1.82, 2.24) is 25.6 Å². The van der Waals surface area contributed by atoms with Crippen LogP contribution in [0.5, 0.6) is 0 Å². The van der Waals surface area contributed by atoms with E-state index in [1.807, 2.05) is 31.2 Å².